The van der Waals surface area contributed by atoms with Gasteiger partial charge < -0.3 is 0 Å². The summed E-state index contributed by atoms with van der Waals surface area (Å²) in [5.41, 5.74) is 3.59. The van der Waals surface area contributed by atoms with Gasteiger partial charge in [0.1, 0.15) is 5.69 Å². The molecule has 1 aromatic carbocycles. The minimum Gasteiger partial charge on any atom is -0.293 e. The first kappa shape index (κ1) is 9.65. The van der Waals surface area contributed by atoms with Crippen molar-refractivity contribution in [2.45, 2.75) is 13.8 Å². The molecule has 3 heteroatoms. The zero-order chi connectivity index (χ0) is 10.8. The van der Waals surface area contributed by atoms with Gasteiger partial charge in [-0.1, -0.05) is 23.8 Å². The van der Waals surface area contributed by atoms with E-state index < -0.39 is 0 Å². The molecule has 76 valence electrons. The highest BCUT2D eigenvalue weighted by Crippen LogP contribution is 2.18. The van der Waals surface area contributed by atoms with E-state index in [9.17, 15) is 4.79 Å². The molecule has 15 heavy (non-hydrogen) atoms. The van der Waals surface area contributed by atoms with Crippen molar-refractivity contribution in [1.29, 1.82) is 0 Å². The number of rotatable bonds is 2. The Hall–Kier alpha value is -1.90. The molecule has 0 aliphatic heterocycles. The molecular weight excluding hydrogens is 188 g/mol. The Bertz CT molecular complexity index is 500. The topological polar surface area (TPSA) is 45.8 Å². The van der Waals surface area contributed by atoms with Crippen LogP contribution in [0, 0.1) is 6.92 Å². The van der Waals surface area contributed by atoms with E-state index in [1.54, 1.807) is 6.07 Å². The van der Waals surface area contributed by atoms with E-state index in [1.165, 1.54) is 12.5 Å². The molecule has 2 rings (SSSR count). The number of hydrogen-bond acceptors (Lipinski definition) is 2. The van der Waals surface area contributed by atoms with Crippen LogP contribution in [0.3, 0.4) is 0 Å². The number of aromatic amines is 1. The van der Waals surface area contributed by atoms with Gasteiger partial charge in [-0.05, 0) is 24.6 Å². The van der Waals surface area contributed by atoms with Crippen LogP contribution in [0.4, 0.5) is 0 Å². The number of hydrogen-bond donors (Lipinski definition) is 1. The normalized spacial score (nSPS) is 10.3. The summed E-state index contributed by atoms with van der Waals surface area (Å²) < 4.78 is 0. The fourth-order valence-electron chi connectivity index (χ4n) is 1.46. The first-order chi connectivity index (χ1) is 7.16. The molecule has 0 radical (unpaired) electrons. The number of H-pyrrole nitrogens is 1. The SMILES string of the molecule is CC(=O)c1cc(-c2cccc(C)c2)[nH]n1. The molecular formula is C12H12N2O. The van der Waals surface area contributed by atoms with E-state index in [4.69, 9.17) is 0 Å². The van der Waals surface area contributed by atoms with Gasteiger partial charge in [0.15, 0.2) is 5.78 Å². The van der Waals surface area contributed by atoms with Gasteiger partial charge in [0.05, 0.1) is 5.69 Å². The third-order valence-corrected chi connectivity index (χ3v) is 2.27. The van der Waals surface area contributed by atoms with Crippen molar-refractivity contribution in [3.8, 4) is 11.3 Å². The highest BCUT2D eigenvalue weighted by atomic mass is 16.1. The predicted octanol–water partition coefficient (Wildman–Crippen LogP) is 2.59. The van der Waals surface area contributed by atoms with Gasteiger partial charge in [0, 0.05) is 6.92 Å². The second-order valence-electron chi connectivity index (χ2n) is 3.59. The van der Waals surface area contributed by atoms with E-state index in [0.29, 0.717) is 5.69 Å². The van der Waals surface area contributed by atoms with Gasteiger partial charge in [-0.3, -0.25) is 9.89 Å². The fraction of sp³-hybridized carbons (Fsp3) is 0.167. The lowest BCUT2D eigenvalue weighted by atomic mass is 10.1. The molecule has 0 amide bonds. The number of aryl methyl sites for hydroxylation is 1. The molecule has 0 aliphatic carbocycles. The molecule has 1 heterocycles. The number of nitrogens with zero attached hydrogens (tertiary/aromatic N) is 1. The minimum absolute atomic E-state index is 0.0230. The maximum Gasteiger partial charge on any atom is 0.179 e. The van der Waals surface area contributed by atoms with E-state index in [1.807, 2.05) is 25.1 Å². The second-order valence-corrected chi connectivity index (χ2v) is 3.59. The number of carbonyl (C=O) groups excluding carboxylic acids is 1. The molecule has 3 nitrogen and oxygen atoms in total. The van der Waals surface area contributed by atoms with E-state index >= 15 is 0 Å². The van der Waals surface area contributed by atoms with Crippen LogP contribution in [-0.2, 0) is 0 Å². The lowest BCUT2D eigenvalue weighted by Crippen LogP contribution is -1.90. The van der Waals surface area contributed by atoms with Gasteiger partial charge in [0.2, 0.25) is 0 Å². The van der Waals surface area contributed by atoms with Crippen molar-refractivity contribution >= 4 is 5.78 Å². The van der Waals surface area contributed by atoms with E-state index in [0.717, 1.165) is 11.3 Å². The van der Waals surface area contributed by atoms with Crippen LogP contribution >= 0.6 is 0 Å². The summed E-state index contributed by atoms with van der Waals surface area (Å²) in [4.78, 5) is 11.1. The molecule has 0 saturated carbocycles. The summed E-state index contributed by atoms with van der Waals surface area (Å²) in [5, 5.41) is 6.81. The average Bonchev–Trinajstić information content (AvgIpc) is 2.66. The Kier molecular flexibility index (Phi) is 2.37. The maximum absolute atomic E-state index is 11.1. The average molecular weight is 200 g/mol. The molecule has 2 aromatic rings. The number of ketones is 1. The van der Waals surface area contributed by atoms with Crippen molar-refractivity contribution in [3.63, 3.8) is 0 Å². The first-order valence-electron chi connectivity index (χ1n) is 4.80. The van der Waals surface area contributed by atoms with Gasteiger partial charge in [-0.25, -0.2) is 0 Å². The Balaban J connectivity index is 2.41. The number of Topliss-reactive ketones (excluding diaryl/α,β-unsaturated/α-hetero) is 1. The van der Waals surface area contributed by atoms with Crippen molar-refractivity contribution < 1.29 is 4.79 Å². The molecule has 0 fully saturated rings. The third-order valence-electron chi connectivity index (χ3n) is 2.27. The molecule has 0 unspecified atom stereocenters. The van der Waals surface area contributed by atoms with Crippen molar-refractivity contribution in [2.75, 3.05) is 0 Å². The summed E-state index contributed by atoms with van der Waals surface area (Å²) in [6.45, 7) is 3.54. The van der Waals surface area contributed by atoms with Gasteiger partial charge in [0.25, 0.3) is 0 Å². The zero-order valence-electron chi connectivity index (χ0n) is 8.74. The summed E-state index contributed by atoms with van der Waals surface area (Å²) >= 11 is 0. The molecule has 0 saturated heterocycles. The fourth-order valence-corrected chi connectivity index (χ4v) is 1.46. The smallest absolute Gasteiger partial charge is 0.179 e. The maximum atomic E-state index is 11.1. The lowest BCUT2D eigenvalue weighted by molar-refractivity contribution is 0.101. The zero-order valence-corrected chi connectivity index (χ0v) is 8.74. The molecule has 0 atom stereocenters. The van der Waals surface area contributed by atoms with E-state index in [-0.39, 0.29) is 5.78 Å². The number of aromatic nitrogens is 2. The van der Waals surface area contributed by atoms with Crippen LogP contribution in [0.2, 0.25) is 0 Å². The molecule has 1 aromatic heterocycles. The van der Waals surface area contributed by atoms with Crippen molar-refractivity contribution in [2.24, 2.45) is 0 Å². The van der Waals surface area contributed by atoms with Crippen LogP contribution in [0.1, 0.15) is 23.0 Å². The van der Waals surface area contributed by atoms with Crippen LogP contribution in [0.5, 0.6) is 0 Å². The summed E-state index contributed by atoms with van der Waals surface area (Å²) in [6, 6.07) is 9.84. The lowest BCUT2D eigenvalue weighted by Gasteiger charge is -1.97. The van der Waals surface area contributed by atoms with Gasteiger partial charge in [-0.15, -0.1) is 0 Å². The number of benzene rings is 1. The Morgan fingerprint density at radius 1 is 1.33 bits per heavy atom. The van der Waals surface area contributed by atoms with Crippen LogP contribution in [-0.4, -0.2) is 16.0 Å². The van der Waals surface area contributed by atoms with Gasteiger partial charge in [-0.2, -0.15) is 5.10 Å². The Morgan fingerprint density at radius 2 is 2.13 bits per heavy atom. The quantitative estimate of drug-likeness (QED) is 0.757. The largest absolute Gasteiger partial charge is 0.293 e. The second kappa shape index (κ2) is 3.69. The molecule has 1 N–H and O–H groups in total. The molecule has 0 bridgehead atoms. The highest BCUT2D eigenvalue weighted by Gasteiger charge is 2.06. The molecule has 0 spiro atoms. The summed E-state index contributed by atoms with van der Waals surface area (Å²) in [6.07, 6.45) is 0. The van der Waals surface area contributed by atoms with Crippen molar-refractivity contribution in [3.05, 3.63) is 41.6 Å². The highest BCUT2D eigenvalue weighted by molar-refractivity contribution is 5.93. The van der Waals surface area contributed by atoms with E-state index in [2.05, 4.69) is 16.3 Å². The number of nitrogens with one attached hydrogen (secondary N) is 1. The van der Waals surface area contributed by atoms with Gasteiger partial charge >= 0.3 is 0 Å². The Morgan fingerprint density at radius 3 is 2.73 bits per heavy atom. The predicted molar refractivity (Wildman–Crippen MR) is 58.8 cm³/mol. The Labute approximate surface area is 88.1 Å². The molecule has 0 aliphatic rings. The minimum atomic E-state index is -0.0230. The van der Waals surface area contributed by atoms with Crippen LogP contribution in [0.25, 0.3) is 11.3 Å². The number of carbonyl (C=O) groups is 1. The third kappa shape index (κ3) is 1.96. The van der Waals surface area contributed by atoms with Crippen LogP contribution < -0.4 is 0 Å². The van der Waals surface area contributed by atoms with Crippen molar-refractivity contribution in [1.82, 2.24) is 10.2 Å². The van der Waals surface area contributed by atoms with Crippen LogP contribution in [0.15, 0.2) is 30.3 Å². The summed E-state index contributed by atoms with van der Waals surface area (Å²) in [5.74, 6) is -0.0230. The summed E-state index contributed by atoms with van der Waals surface area (Å²) in [7, 11) is 0. The standard InChI is InChI=1S/C12H12N2O/c1-8-4-3-5-10(6-8)12-7-11(9(2)15)13-14-12/h3-7H,1-2H3,(H,13,14). The first-order valence-corrected chi connectivity index (χ1v) is 4.80. The monoisotopic (exact) mass is 200 g/mol.